The maximum absolute atomic E-state index is 12.6. The van der Waals surface area contributed by atoms with Crippen LogP contribution in [0.2, 0.25) is 0 Å². The summed E-state index contributed by atoms with van der Waals surface area (Å²) < 4.78 is 5.01. The van der Waals surface area contributed by atoms with Gasteiger partial charge in [0, 0.05) is 12.6 Å². The highest BCUT2D eigenvalue weighted by molar-refractivity contribution is 5.94. The molecule has 1 aromatic heterocycles. The minimum Gasteiger partial charge on any atom is -0.469 e. The Morgan fingerprint density at radius 1 is 1.23 bits per heavy atom. The largest absolute Gasteiger partial charge is 0.469 e. The van der Waals surface area contributed by atoms with E-state index in [0.29, 0.717) is 12.1 Å². The van der Waals surface area contributed by atoms with Crippen LogP contribution in [0.4, 0.5) is 0 Å². The highest BCUT2D eigenvalue weighted by atomic mass is 16.5. The van der Waals surface area contributed by atoms with Crippen molar-refractivity contribution >= 4 is 11.8 Å². The molecule has 0 radical (unpaired) electrons. The van der Waals surface area contributed by atoms with Gasteiger partial charge < -0.3 is 4.74 Å². The van der Waals surface area contributed by atoms with Crippen LogP contribution in [-0.4, -0.2) is 28.8 Å². The van der Waals surface area contributed by atoms with E-state index in [-0.39, 0.29) is 22.6 Å². The molecular weight excluding hydrogens is 280 g/mol. The first-order valence-electron chi connectivity index (χ1n) is 7.89. The molecule has 0 N–H and O–H groups in total. The number of ketones is 1. The van der Waals surface area contributed by atoms with E-state index in [1.54, 1.807) is 6.20 Å². The first-order valence-corrected chi connectivity index (χ1v) is 7.89. The molecule has 0 aromatic carbocycles. The van der Waals surface area contributed by atoms with Crippen LogP contribution in [0.1, 0.15) is 61.1 Å². The summed E-state index contributed by atoms with van der Waals surface area (Å²) in [6, 6.07) is 0. The second-order valence-corrected chi connectivity index (χ2v) is 6.95. The lowest BCUT2D eigenvalue weighted by molar-refractivity contribution is -0.154. The molecule has 2 atom stereocenters. The van der Waals surface area contributed by atoms with Crippen molar-refractivity contribution in [1.82, 2.24) is 9.97 Å². The number of Topliss-reactive ketones (excluding diaryl/α,β-unsaturated/α-hetero) is 1. The SMILES string of the molecule is COC(=O)C12CCCC(CC(=O)c3cncc(C)n3)(CC1)C2. The van der Waals surface area contributed by atoms with Gasteiger partial charge in [0.05, 0.1) is 24.4 Å². The van der Waals surface area contributed by atoms with Crippen LogP contribution in [-0.2, 0) is 9.53 Å². The number of aryl methyl sites for hydroxylation is 1. The van der Waals surface area contributed by atoms with E-state index in [9.17, 15) is 9.59 Å². The van der Waals surface area contributed by atoms with E-state index in [0.717, 1.165) is 44.2 Å². The topological polar surface area (TPSA) is 69.2 Å². The first-order chi connectivity index (χ1) is 10.5. The van der Waals surface area contributed by atoms with Crippen LogP contribution in [0.3, 0.4) is 0 Å². The molecule has 2 unspecified atom stereocenters. The molecule has 2 aliphatic carbocycles. The Bertz CT molecular complexity index is 616. The smallest absolute Gasteiger partial charge is 0.311 e. The van der Waals surface area contributed by atoms with E-state index in [4.69, 9.17) is 4.74 Å². The van der Waals surface area contributed by atoms with Crippen molar-refractivity contribution in [3.05, 3.63) is 23.8 Å². The average molecular weight is 302 g/mol. The van der Waals surface area contributed by atoms with E-state index < -0.39 is 0 Å². The van der Waals surface area contributed by atoms with Crippen molar-refractivity contribution in [2.75, 3.05) is 7.11 Å². The van der Waals surface area contributed by atoms with E-state index >= 15 is 0 Å². The van der Waals surface area contributed by atoms with Crippen LogP contribution >= 0.6 is 0 Å². The van der Waals surface area contributed by atoms with Crippen molar-refractivity contribution < 1.29 is 14.3 Å². The molecule has 0 saturated heterocycles. The molecule has 2 bridgehead atoms. The maximum atomic E-state index is 12.6. The summed E-state index contributed by atoms with van der Waals surface area (Å²) in [5.74, 6) is -0.0596. The Morgan fingerprint density at radius 2 is 2.05 bits per heavy atom. The molecule has 5 nitrogen and oxygen atoms in total. The second kappa shape index (κ2) is 5.45. The van der Waals surface area contributed by atoms with Gasteiger partial charge in [-0.2, -0.15) is 0 Å². The number of carbonyl (C=O) groups excluding carboxylic acids is 2. The number of hydrogen-bond acceptors (Lipinski definition) is 5. The van der Waals surface area contributed by atoms with Gasteiger partial charge in [0.2, 0.25) is 0 Å². The fourth-order valence-corrected chi connectivity index (χ4v) is 4.39. The van der Waals surface area contributed by atoms with Gasteiger partial charge >= 0.3 is 5.97 Å². The quantitative estimate of drug-likeness (QED) is 0.632. The van der Waals surface area contributed by atoms with Crippen LogP contribution < -0.4 is 0 Å². The zero-order chi connectivity index (χ0) is 15.8. The average Bonchev–Trinajstić information content (AvgIpc) is 2.78. The number of nitrogens with zero attached hydrogens (tertiary/aromatic N) is 2. The minimum atomic E-state index is -0.356. The minimum absolute atomic E-state index is 0.0405. The lowest BCUT2D eigenvalue weighted by Gasteiger charge is -2.37. The fourth-order valence-electron chi connectivity index (χ4n) is 4.39. The summed E-state index contributed by atoms with van der Waals surface area (Å²) in [7, 11) is 1.46. The normalized spacial score (nSPS) is 30.1. The van der Waals surface area contributed by atoms with Gasteiger partial charge in [0.1, 0.15) is 5.69 Å². The predicted octanol–water partition coefficient (Wildman–Crippen LogP) is 2.87. The summed E-state index contributed by atoms with van der Waals surface area (Å²) in [4.78, 5) is 33.1. The summed E-state index contributed by atoms with van der Waals surface area (Å²) in [5, 5.41) is 0. The number of esters is 1. The number of hydrogen-bond donors (Lipinski definition) is 0. The summed E-state index contributed by atoms with van der Waals surface area (Å²) in [6.07, 6.45) is 9.07. The van der Waals surface area contributed by atoms with E-state index in [2.05, 4.69) is 9.97 Å². The monoisotopic (exact) mass is 302 g/mol. The number of methoxy groups -OCH3 is 1. The highest BCUT2D eigenvalue weighted by Gasteiger charge is 2.55. The third kappa shape index (κ3) is 2.53. The summed E-state index contributed by atoms with van der Waals surface area (Å²) >= 11 is 0. The standard InChI is InChI=1S/C17H22N2O3/c1-12-9-18-10-13(19-12)14(20)8-16-4-3-5-17(11-16,7-6-16)15(21)22-2/h9-10H,3-8,11H2,1-2H3. The molecule has 2 aliphatic rings. The van der Waals surface area contributed by atoms with E-state index in [1.807, 2.05) is 6.92 Å². The van der Waals surface area contributed by atoms with Gasteiger partial charge in [-0.1, -0.05) is 6.42 Å². The molecule has 2 fully saturated rings. The molecule has 0 amide bonds. The van der Waals surface area contributed by atoms with Crippen molar-refractivity contribution in [3.8, 4) is 0 Å². The third-order valence-corrected chi connectivity index (χ3v) is 5.40. The number of carbonyl (C=O) groups is 2. The van der Waals surface area contributed by atoms with Gasteiger partial charge in [0.15, 0.2) is 5.78 Å². The molecular formula is C17H22N2O3. The Morgan fingerprint density at radius 3 is 2.77 bits per heavy atom. The van der Waals surface area contributed by atoms with Gasteiger partial charge in [0.25, 0.3) is 0 Å². The van der Waals surface area contributed by atoms with Crippen LogP contribution in [0.25, 0.3) is 0 Å². The highest BCUT2D eigenvalue weighted by Crippen LogP contribution is 2.60. The fraction of sp³-hybridized carbons (Fsp3) is 0.647. The molecule has 0 aliphatic heterocycles. The molecule has 5 heteroatoms. The molecule has 1 heterocycles. The molecule has 3 rings (SSSR count). The molecule has 2 saturated carbocycles. The first kappa shape index (κ1) is 15.1. The van der Waals surface area contributed by atoms with Gasteiger partial charge in [-0.15, -0.1) is 0 Å². The lowest BCUT2D eigenvalue weighted by Crippen LogP contribution is -2.36. The van der Waals surface area contributed by atoms with Crippen LogP contribution in [0.5, 0.6) is 0 Å². The zero-order valence-electron chi connectivity index (χ0n) is 13.2. The number of aromatic nitrogens is 2. The van der Waals surface area contributed by atoms with Crippen molar-refractivity contribution in [3.63, 3.8) is 0 Å². The van der Waals surface area contributed by atoms with Crippen LogP contribution in [0.15, 0.2) is 12.4 Å². The third-order valence-electron chi connectivity index (χ3n) is 5.40. The van der Waals surface area contributed by atoms with Crippen molar-refractivity contribution in [2.24, 2.45) is 10.8 Å². The predicted molar refractivity (Wildman–Crippen MR) is 80.3 cm³/mol. The van der Waals surface area contributed by atoms with Gasteiger partial charge in [-0.25, -0.2) is 4.98 Å². The molecule has 1 aromatic rings. The van der Waals surface area contributed by atoms with Crippen LogP contribution in [0, 0.1) is 17.8 Å². The molecule has 0 spiro atoms. The Hall–Kier alpha value is -1.78. The Balaban J connectivity index is 1.78. The lowest BCUT2D eigenvalue weighted by atomic mass is 9.67. The number of fused-ring (bicyclic) bond motifs is 2. The summed E-state index contributed by atoms with van der Waals surface area (Å²) in [5.41, 5.74) is 0.776. The van der Waals surface area contributed by atoms with E-state index in [1.165, 1.54) is 13.3 Å². The van der Waals surface area contributed by atoms with Crippen molar-refractivity contribution in [2.45, 2.75) is 51.9 Å². The molecule has 22 heavy (non-hydrogen) atoms. The van der Waals surface area contributed by atoms with Crippen molar-refractivity contribution in [1.29, 1.82) is 0 Å². The van der Waals surface area contributed by atoms with Gasteiger partial charge in [-0.05, 0) is 44.4 Å². The number of ether oxygens (including phenoxy) is 1. The second-order valence-electron chi connectivity index (χ2n) is 6.95. The Labute approximate surface area is 130 Å². The zero-order valence-corrected chi connectivity index (χ0v) is 13.2. The Kier molecular flexibility index (Phi) is 3.75. The van der Waals surface area contributed by atoms with Gasteiger partial charge in [-0.3, -0.25) is 14.6 Å². The summed E-state index contributed by atoms with van der Waals surface area (Å²) in [6.45, 7) is 1.83. The maximum Gasteiger partial charge on any atom is 0.311 e. The number of rotatable bonds is 4. The molecule has 118 valence electrons.